The third-order valence-electron chi connectivity index (χ3n) is 2.36. The van der Waals surface area contributed by atoms with E-state index in [-0.39, 0.29) is 0 Å². The van der Waals surface area contributed by atoms with Gasteiger partial charge in [0.05, 0.1) is 6.54 Å². The van der Waals surface area contributed by atoms with E-state index in [0.29, 0.717) is 6.04 Å². The standard InChI is InChI=1S/C9H17BrN4/c1-4-14-9(11-7-12-14)6-13(3)8(2)5-10/h7-8H,4-6H2,1-3H3. The van der Waals surface area contributed by atoms with E-state index >= 15 is 0 Å². The Labute approximate surface area is 93.4 Å². The highest BCUT2D eigenvalue weighted by Gasteiger charge is 2.11. The van der Waals surface area contributed by atoms with Gasteiger partial charge >= 0.3 is 0 Å². The van der Waals surface area contributed by atoms with E-state index in [0.717, 1.165) is 24.2 Å². The summed E-state index contributed by atoms with van der Waals surface area (Å²) in [4.78, 5) is 6.49. The zero-order valence-electron chi connectivity index (χ0n) is 8.94. The molecule has 0 aliphatic rings. The van der Waals surface area contributed by atoms with Gasteiger partial charge in [-0.2, -0.15) is 5.10 Å². The van der Waals surface area contributed by atoms with Crippen molar-refractivity contribution in [2.24, 2.45) is 0 Å². The quantitative estimate of drug-likeness (QED) is 0.753. The van der Waals surface area contributed by atoms with Crippen LogP contribution < -0.4 is 0 Å². The van der Waals surface area contributed by atoms with Gasteiger partial charge in [-0.15, -0.1) is 0 Å². The van der Waals surface area contributed by atoms with Crippen LogP contribution in [-0.2, 0) is 13.1 Å². The minimum absolute atomic E-state index is 0.511. The highest BCUT2D eigenvalue weighted by molar-refractivity contribution is 9.09. The molecule has 0 bridgehead atoms. The first-order chi connectivity index (χ1) is 6.69. The van der Waals surface area contributed by atoms with Gasteiger partial charge < -0.3 is 0 Å². The summed E-state index contributed by atoms with van der Waals surface area (Å²) in [6.45, 7) is 5.99. The Hall–Kier alpha value is -0.420. The Morgan fingerprint density at radius 3 is 2.93 bits per heavy atom. The first kappa shape index (κ1) is 11.7. The second kappa shape index (κ2) is 5.46. The number of alkyl halides is 1. The molecule has 0 spiro atoms. The average molecular weight is 261 g/mol. The number of halogens is 1. The van der Waals surface area contributed by atoms with Gasteiger partial charge in [-0.3, -0.25) is 4.90 Å². The van der Waals surface area contributed by atoms with Crippen LogP contribution in [0.15, 0.2) is 6.33 Å². The smallest absolute Gasteiger partial charge is 0.140 e. The lowest BCUT2D eigenvalue weighted by Crippen LogP contribution is -2.31. The van der Waals surface area contributed by atoms with Crippen molar-refractivity contribution < 1.29 is 0 Å². The molecule has 14 heavy (non-hydrogen) atoms. The molecule has 1 atom stereocenters. The van der Waals surface area contributed by atoms with Crippen LogP contribution in [0.5, 0.6) is 0 Å². The molecule has 0 fully saturated rings. The third-order valence-corrected chi connectivity index (χ3v) is 3.30. The predicted octanol–water partition coefficient (Wildman–Crippen LogP) is 1.51. The number of rotatable bonds is 5. The van der Waals surface area contributed by atoms with E-state index in [4.69, 9.17) is 0 Å². The average Bonchev–Trinajstić information content (AvgIpc) is 2.63. The maximum Gasteiger partial charge on any atom is 0.140 e. The summed E-state index contributed by atoms with van der Waals surface area (Å²) >= 11 is 3.47. The Bertz CT molecular complexity index is 274. The van der Waals surface area contributed by atoms with Gasteiger partial charge in [0.25, 0.3) is 0 Å². The third kappa shape index (κ3) is 2.78. The molecule has 1 heterocycles. The molecule has 0 N–H and O–H groups in total. The highest BCUT2D eigenvalue weighted by Crippen LogP contribution is 2.05. The number of aromatic nitrogens is 3. The molecule has 1 unspecified atom stereocenters. The van der Waals surface area contributed by atoms with Crippen molar-refractivity contribution in [3.63, 3.8) is 0 Å². The summed E-state index contributed by atoms with van der Waals surface area (Å²) in [6.07, 6.45) is 1.62. The summed E-state index contributed by atoms with van der Waals surface area (Å²) in [5, 5.41) is 5.12. The highest BCUT2D eigenvalue weighted by atomic mass is 79.9. The first-order valence-corrected chi connectivity index (χ1v) is 5.94. The maximum atomic E-state index is 4.24. The SMILES string of the molecule is CCn1ncnc1CN(C)C(C)CBr. The van der Waals surface area contributed by atoms with E-state index in [1.807, 2.05) is 4.68 Å². The van der Waals surface area contributed by atoms with Gasteiger partial charge in [-0.25, -0.2) is 9.67 Å². The van der Waals surface area contributed by atoms with Gasteiger partial charge in [0.15, 0.2) is 0 Å². The topological polar surface area (TPSA) is 34.0 Å². The molecule has 5 heteroatoms. The minimum atomic E-state index is 0.511. The van der Waals surface area contributed by atoms with Crippen molar-refractivity contribution in [2.75, 3.05) is 12.4 Å². The second-order valence-electron chi connectivity index (χ2n) is 3.41. The zero-order chi connectivity index (χ0) is 10.6. The van der Waals surface area contributed by atoms with Crippen molar-refractivity contribution in [2.45, 2.75) is 33.0 Å². The van der Waals surface area contributed by atoms with Crippen molar-refractivity contribution in [3.05, 3.63) is 12.2 Å². The molecule has 0 saturated carbocycles. The van der Waals surface area contributed by atoms with Crippen LogP contribution in [-0.4, -0.2) is 38.1 Å². The van der Waals surface area contributed by atoms with Crippen molar-refractivity contribution in [1.82, 2.24) is 19.7 Å². The molecule has 0 aromatic carbocycles. The lowest BCUT2D eigenvalue weighted by atomic mass is 10.3. The molecule has 0 amide bonds. The normalized spacial score (nSPS) is 13.5. The van der Waals surface area contributed by atoms with Gasteiger partial charge in [0, 0.05) is 17.9 Å². The van der Waals surface area contributed by atoms with Crippen LogP contribution in [0.4, 0.5) is 0 Å². The molecule has 4 nitrogen and oxygen atoms in total. The Morgan fingerprint density at radius 1 is 1.64 bits per heavy atom. The summed E-state index contributed by atoms with van der Waals surface area (Å²) in [5.74, 6) is 1.03. The molecule has 1 aromatic heterocycles. The van der Waals surface area contributed by atoms with Crippen LogP contribution >= 0.6 is 15.9 Å². The monoisotopic (exact) mass is 260 g/mol. The van der Waals surface area contributed by atoms with Crippen LogP contribution in [0.3, 0.4) is 0 Å². The van der Waals surface area contributed by atoms with Gasteiger partial charge in [-0.05, 0) is 20.9 Å². The number of aryl methyl sites for hydroxylation is 1. The van der Waals surface area contributed by atoms with Crippen molar-refractivity contribution in [3.8, 4) is 0 Å². The van der Waals surface area contributed by atoms with E-state index in [1.165, 1.54) is 0 Å². The minimum Gasteiger partial charge on any atom is -0.295 e. The van der Waals surface area contributed by atoms with Crippen molar-refractivity contribution in [1.29, 1.82) is 0 Å². The van der Waals surface area contributed by atoms with Crippen LogP contribution in [0, 0.1) is 0 Å². The fourth-order valence-corrected chi connectivity index (χ4v) is 1.67. The Morgan fingerprint density at radius 2 is 2.36 bits per heavy atom. The molecule has 1 rings (SSSR count). The van der Waals surface area contributed by atoms with Gasteiger partial charge in [-0.1, -0.05) is 15.9 Å². The Kier molecular flexibility index (Phi) is 4.54. The van der Waals surface area contributed by atoms with Gasteiger partial charge in [0.1, 0.15) is 12.2 Å². The van der Waals surface area contributed by atoms with E-state index in [1.54, 1.807) is 6.33 Å². The van der Waals surface area contributed by atoms with E-state index in [2.05, 4.69) is 51.8 Å². The van der Waals surface area contributed by atoms with Crippen LogP contribution in [0.2, 0.25) is 0 Å². The molecular weight excluding hydrogens is 244 g/mol. The zero-order valence-corrected chi connectivity index (χ0v) is 10.5. The van der Waals surface area contributed by atoms with Crippen molar-refractivity contribution >= 4 is 15.9 Å². The fourth-order valence-electron chi connectivity index (χ4n) is 1.17. The second-order valence-corrected chi connectivity index (χ2v) is 4.06. The summed E-state index contributed by atoms with van der Waals surface area (Å²) in [5.41, 5.74) is 0. The summed E-state index contributed by atoms with van der Waals surface area (Å²) in [7, 11) is 2.10. The Balaban J connectivity index is 2.59. The maximum absolute atomic E-state index is 4.24. The number of nitrogens with zero attached hydrogens (tertiary/aromatic N) is 4. The molecule has 0 aliphatic heterocycles. The van der Waals surface area contributed by atoms with Gasteiger partial charge in [0.2, 0.25) is 0 Å². The number of hydrogen-bond donors (Lipinski definition) is 0. The van der Waals surface area contributed by atoms with E-state index < -0.39 is 0 Å². The summed E-state index contributed by atoms with van der Waals surface area (Å²) < 4.78 is 1.93. The van der Waals surface area contributed by atoms with Crippen LogP contribution in [0.25, 0.3) is 0 Å². The summed E-state index contributed by atoms with van der Waals surface area (Å²) in [6, 6.07) is 0.511. The fraction of sp³-hybridized carbons (Fsp3) is 0.778. The lowest BCUT2D eigenvalue weighted by Gasteiger charge is -2.22. The number of hydrogen-bond acceptors (Lipinski definition) is 3. The molecule has 0 radical (unpaired) electrons. The molecule has 0 aliphatic carbocycles. The lowest BCUT2D eigenvalue weighted by molar-refractivity contribution is 0.259. The predicted molar refractivity (Wildman–Crippen MR) is 60.4 cm³/mol. The first-order valence-electron chi connectivity index (χ1n) is 4.81. The van der Waals surface area contributed by atoms with Crippen LogP contribution in [0.1, 0.15) is 19.7 Å². The molecule has 0 saturated heterocycles. The van der Waals surface area contributed by atoms with E-state index in [9.17, 15) is 0 Å². The largest absolute Gasteiger partial charge is 0.295 e. The molecule has 1 aromatic rings. The molecule has 80 valence electrons. The molecular formula is C9H17BrN4.